The van der Waals surface area contributed by atoms with Crippen LogP contribution < -0.4 is 5.32 Å². The normalized spacial score (nSPS) is 14.3. The molecule has 1 fully saturated rings. The van der Waals surface area contributed by atoms with Crippen LogP contribution in [0.5, 0.6) is 0 Å². The van der Waals surface area contributed by atoms with Crippen molar-refractivity contribution in [2.45, 2.75) is 26.4 Å². The Kier molecular flexibility index (Phi) is 9.33. The van der Waals surface area contributed by atoms with Crippen LogP contribution in [0.15, 0.2) is 66.1 Å². The molecule has 3 amide bonds. The zero-order valence-electron chi connectivity index (χ0n) is 21.1. The van der Waals surface area contributed by atoms with E-state index in [2.05, 4.69) is 39.5 Å². The number of rotatable bonds is 8. The minimum Gasteiger partial charge on any atom is -0.335 e. The van der Waals surface area contributed by atoms with Gasteiger partial charge in [-0.25, -0.2) is 9.78 Å². The Balaban J connectivity index is 1.29. The molecule has 4 rings (SSSR count). The summed E-state index contributed by atoms with van der Waals surface area (Å²) < 4.78 is 0. The van der Waals surface area contributed by atoms with Gasteiger partial charge in [0.05, 0.1) is 6.54 Å². The van der Waals surface area contributed by atoms with Crippen LogP contribution in [0.1, 0.15) is 34.9 Å². The topological polar surface area (TPSA) is 68.8 Å². The van der Waals surface area contributed by atoms with E-state index in [0.29, 0.717) is 36.0 Å². The lowest BCUT2D eigenvalue weighted by atomic mass is 10.2. The summed E-state index contributed by atoms with van der Waals surface area (Å²) in [5, 5.41) is 5.96. The highest BCUT2D eigenvalue weighted by atomic mass is 35.5. The molecule has 0 unspecified atom stereocenters. The summed E-state index contributed by atoms with van der Waals surface area (Å²) in [6.45, 7) is 8.08. The van der Waals surface area contributed by atoms with Crippen LogP contribution in [0.2, 0.25) is 5.02 Å². The van der Waals surface area contributed by atoms with Gasteiger partial charge in [0.2, 0.25) is 0 Å². The minimum absolute atomic E-state index is 0.0498. The fourth-order valence-corrected chi connectivity index (χ4v) is 5.03. The van der Waals surface area contributed by atoms with Gasteiger partial charge in [-0.05, 0) is 37.6 Å². The zero-order chi connectivity index (χ0) is 26.2. The number of piperazine rings is 1. The first-order valence-electron chi connectivity index (χ1n) is 12.4. The summed E-state index contributed by atoms with van der Waals surface area (Å²) in [5.74, 6) is -0.0542. The van der Waals surface area contributed by atoms with Crippen LogP contribution >= 0.6 is 22.9 Å². The predicted octanol–water partition coefficient (Wildman–Crippen LogP) is 5.71. The lowest BCUT2D eigenvalue weighted by molar-refractivity contribution is 0.0645. The number of thiazole rings is 1. The van der Waals surface area contributed by atoms with Crippen LogP contribution in [0, 0.1) is 0 Å². The maximum Gasteiger partial charge on any atom is 0.322 e. The SMILES string of the molecule is CC(C)N(Cc1nc(C(=O)N2CCN(CC=Cc3ccccc3)CC2)cs1)C(=O)Nc1cccc(Cl)c1. The molecule has 1 aliphatic rings. The molecule has 2 aromatic carbocycles. The van der Waals surface area contributed by atoms with E-state index < -0.39 is 0 Å². The van der Waals surface area contributed by atoms with E-state index in [-0.39, 0.29) is 18.0 Å². The van der Waals surface area contributed by atoms with Gasteiger partial charge in [0.1, 0.15) is 10.7 Å². The van der Waals surface area contributed by atoms with Gasteiger partial charge >= 0.3 is 6.03 Å². The highest BCUT2D eigenvalue weighted by Crippen LogP contribution is 2.19. The number of benzene rings is 2. The molecule has 1 aromatic heterocycles. The molecule has 0 atom stereocenters. The van der Waals surface area contributed by atoms with Crippen molar-refractivity contribution >= 4 is 46.6 Å². The number of amides is 3. The number of hydrogen-bond donors (Lipinski definition) is 1. The van der Waals surface area contributed by atoms with E-state index >= 15 is 0 Å². The van der Waals surface area contributed by atoms with Gasteiger partial charge in [0.25, 0.3) is 5.91 Å². The van der Waals surface area contributed by atoms with Gasteiger partial charge in [-0.2, -0.15) is 0 Å². The Morgan fingerprint density at radius 1 is 1.11 bits per heavy atom. The van der Waals surface area contributed by atoms with E-state index in [0.717, 1.165) is 24.6 Å². The van der Waals surface area contributed by atoms with Gasteiger partial charge in [-0.1, -0.05) is 60.2 Å². The monoisotopic (exact) mass is 537 g/mol. The predicted molar refractivity (Wildman–Crippen MR) is 151 cm³/mol. The second kappa shape index (κ2) is 12.9. The second-order valence-corrected chi connectivity index (χ2v) is 10.6. The van der Waals surface area contributed by atoms with Crippen molar-refractivity contribution in [3.63, 3.8) is 0 Å². The van der Waals surface area contributed by atoms with Gasteiger partial charge in [-0.3, -0.25) is 9.69 Å². The number of urea groups is 1. The maximum atomic E-state index is 13.1. The van der Waals surface area contributed by atoms with Crippen molar-refractivity contribution in [2.24, 2.45) is 0 Å². The third-order valence-electron chi connectivity index (χ3n) is 6.17. The van der Waals surface area contributed by atoms with E-state index in [1.54, 1.807) is 34.5 Å². The molecule has 0 bridgehead atoms. The molecule has 0 saturated carbocycles. The van der Waals surface area contributed by atoms with E-state index in [1.807, 2.05) is 36.9 Å². The standard InChI is InChI=1S/C28H32ClN5O2S/c1-21(2)34(28(36)30-24-12-6-11-23(29)18-24)19-26-31-25(20-37-26)27(35)33-16-14-32(15-17-33)13-7-10-22-8-4-3-5-9-22/h3-12,18,20-21H,13-17,19H2,1-2H3,(H,30,36). The summed E-state index contributed by atoms with van der Waals surface area (Å²) in [7, 11) is 0. The summed E-state index contributed by atoms with van der Waals surface area (Å²) in [6, 6.07) is 17.0. The third kappa shape index (κ3) is 7.64. The summed E-state index contributed by atoms with van der Waals surface area (Å²) >= 11 is 7.44. The van der Waals surface area contributed by atoms with Gasteiger partial charge in [-0.15, -0.1) is 11.3 Å². The summed E-state index contributed by atoms with van der Waals surface area (Å²) in [5.41, 5.74) is 2.26. The fourth-order valence-electron chi connectivity index (χ4n) is 4.08. The van der Waals surface area contributed by atoms with E-state index in [4.69, 9.17) is 11.6 Å². The van der Waals surface area contributed by atoms with Crippen LogP contribution in [0.4, 0.5) is 10.5 Å². The average Bonchev–Trinajstić information content (AvgIpc) is 3.36. The number of nitrogens with zero attached hydrogens (tertiary/aromatic N) is 4. The van der Waals surface area contributed by atoms with E-state index in [1.165, 1.54) is 16.9 Å². The van der Waals surface area contributed by atoms with Crippen molar-refractivity contribution in [3.05, 3.63) is 87.3 Å². The molecule has 7 nitrogen and oxygen atoms in total. The van der Waals surface area contributed by atoms with Crippen LogP contribution in [0.3, 0.4) is 0 Å². The molecule has 1 N–H and O–H groups in total. The molecule has 0 aliphatic carbocycles. The molecule has 1 saturated heterocycles. The molecule has 1 aliphatic heterocycles. The minimum atomic E-state index is -0.238. The third-order valence-corrected chi connectivity index (χ3v) is 7.24. The van der Waals surface area contributed by atoms with Crippen molar-refractivity contribution in [2.75, 3.05) is 38.0 Å². The van der Waals surface area contributed by atoms with Crippen molar-refractivity contribution in [1.82, 2.24) is 19.7 Å². The smallest absolute Gasteiger partial charge is 0.322 e. The number of hydrogen-bond acceptors (Lipinski definition) is 5. The largest absolute Gasteiger partial charge is 0.335 e. The molecular formula is C28H32ClN5O2S. The molecule has 37 heavy (non-hydrogen) atoms. The maximum absolute atomic E-state index is 13.1. The van der Waals surface area contributed by atoms with E-state index in [9.17, 15) is 9.59 Å². The Hall–Kier alpha value is -3.20. The molecule has 9 heteroatoms. The van der Waals surface area contributed by atoms with Crippen LogP contribution in [0.25, 0.3) is 6.08 Å². The first-order valence-corrected chi connectivity index (χ1v) is 13.7. The van der Waals surface area contributed by atoms with Gasteiger partial charge in [0.15, 0.2) is 0 Å². The summed E-state index contributed by atoms with van der Waals surface area (Å²) in [4.78, 5) is 36.5. The average molecular weight is 538 g/mol. The Bertz CT molecular complexity index is 1220. The molecular weight excluding hydrogens is 506 g/mol. The quantitative estimate of drug-likeness (QED) is 0.399. The highest BCUT2D eigenvalue weighted by molar-refractivity contribution is 7.09. The number of nitrogens with one attached hydrogen (secondary N) is 1. The van der Waals surface area contributed by atoms with Crippen molar-refractivity contribution in [1.29, 1.82) is 0 Å². The molecule has 2 heterocycles. The zero-order valence-corrected chi connectivity index (χ0v) is 22.7. The van der Waals surface area contributed by atoms with Crippen LogP contribution in [-0.2, 0) is 6.54 Å². The number of carbonyl (C=O) groups is 2. The Labute approximate surface area is 227 Å². The highest BCUT2D eigenvalue weighted by Gasteiger charge is 2.25. The lowest BCUT2D eigenvalue weighted by Gasteiger charge is -2.33. The van der Waals surface area contributed by atoms with Crippen LogP contribution in [-0.4, -0.2) is 70.4 Å². The molecule has 0 spiro atoms. The van der Waals surface area contributed by atoms with Gasteiger partial charge in [0, 0.05) is 54.9 Å². The molecule has 194 valence electrons. The van der Waals surface area contributed by atoms with Crippen molar-refractivity contribution < 1.29 is 9.59 Å². The lowest BCUT2D eigenvalue weighted by Crippen LogP contribution is -2.48. The molecule has 3 aromatic rings. The Morgan fingerprint density at radius 3 is 2.57 bits per heavy atom. The molecule has 0 radical (unpaired) electrons. The fraction of sp³-hybridized carbons (Fsp3) is 0.321. The number of aromatic nitrogens is 1. The second-order valence-electron chi connectivity index (χ2n) is 9.19. The summed E-state index contributed by atoms with van der Waals surface area (Å²) in [6.07, 6.45) is 4.30. The van der Waals surface area contributed by atoms with Crippen molar-refractivity contribution in [3.8, 4) is 0 Å². The number of halogens is 1. The first-order chi connectivity index (χ1) is 17.9. The number of anilines is 1. The number of carbonyl (C=O) groups excluding carboxylic acids is 2. The first kappa shape index (κ1) is 26.9. The van der Waals surface area contributed by atoms with Gasteiger partial charge < -0.3 is 15.1 Å². The Morgan fingerprint density at radius 2 is 1.86 bits per heavy atom.